The van der Waals surface area contributed by atoms with Crippen LogP contribution in [0.5, 0.6) is 0 Å². The van der Waals surface area contributed by atoms with Gasteiger partial charge in [0, 0.05) is 20.0 Å². The van der Waals surface area contributed by atoms with E-state index in [-0.39, 0.29) is 5.91 Å². The maximum Gasteiger partial charge on any atom is 0.258 e. The highest BCUT2D eigenvalue weighted by Crippen LogP contribution is 2.11. The van der Waals surface area contributed by atoms with Crippen LogP contribution in [0.4, 0.5) is 0 Å². The summed E-state index contributed by atoms with van der Waals surface area (Å²) in [6.45, 7) is 3.36. The lowest BCUT2D eigenvalue weighted by atomic mass is 10.2. The summed E-state index contributed by atoms with van der Waals surface area (Å²) < 4.78 is 0. The minimum atomic E-state index is -0.0561. The molecule has 0 N–H and O–H groups in total. The standard InChI is InChI=1S/C8H16N2O2/c1-8(11)10(12-2)9-6-4-3-5-7-9/h3-7H2,1-2H3. The van der Waals surface area contributed by atoms with Gasteiger partial charge in [-0.3, -0.25) is 9.63 Å². The third-order valence-corrected chi connectivity index (χ3v) is 2.03. The molecular formula is C8H16N2O2. The predicted octanol–water partition coefficient (Wildman–Crippen LogP) is 0.797. The van der Waals surface area contributed by atoms with E-state index in [0.29, 0.717) is 0 Å². The Bertz CT molecular complexity index is 155. The van der Waals surface area contributed by atoms with Crippen molar-refractivity contribution in [1.82, 2.24) is 10.2 Å². The van der Waals surface area contributed by atoms with Crippen LogP contribution in [0.3, 0.4) is 0 Å². The smallest absolute Gasteiger partial charge is 0.258 e. The van der Waals surface area contributed by atoms with Gasteiger partial charge in [-0.2, -0.15) is 5.01 Å². The number of piperidine rings is 1. The molecule has 0 radical (unpaired) electrons. The summed E-state index contributed by atoms with van der Waals surface area (Å²) in [5.41, 5.74) is 0. The summed E-state index contributed by atoms with van der Waals surface area (Å²) in [6.07, 6.45) is 3.55. The molecule has 1 saturated heterocycles. The zero-order valence-electron chi connectivity index (χ0n) is 7.75. The Labute approximate surface area is 73.0 Å². The summed E-state index contributed by atoms with van der Waals surface area (Å²) in [7, 11) is 1.52. The van der Waals surface area contributed by atoms with Crippen LogP contribution in [0.15, 0.2) is 0 Å². The molecule has 1 heterocycles. The number of carbonyl (C=O) groups excluding carboxylic acids is 1. The fourth-order valence-corrected chi connectivity index (χ4v) is 1.50. The highest BCUT2D eigenvalue weighted by Gasteiger charge is 2.19. The maximum atomic E-state index is 11.0. The van der Waals surface area contributed by atoms with Crippen molar-refractivity contribution in [3.8, 4) is 0 Å². The van der Waals surface area contributed by atoms with E-state index < -0.39 is 0 Å². The molecule has 0 aromatic heterocycles. The van der Waals surface area contributed by atoms with Crippen molar-refractivity contribution in [2.75, 3.05) is 20.2 Å². The number of rotatable bonds is 2. The number of hydroxylamine groups is 1. The molecule has 1 aliphatic rings. The van der Waals surface area contributed by atoms with Crippen LogP contribution >= 0.6 is 0 Å². The van der Waals surface area contributed by atoms with E-state index in [4.69, 9.17) is 4.84 Å². The van der Waals surface area contributed by atoms with Crippen molar-refractivity contribution in [3.05, 3.63) is 0 Å². The zero-order valence-corrected chi connectivity index (χ0v) is 7.75. The van der Waals surface area contributed by atoms with Gasteiger partial charge in [0.2, 0.25) is 0 Å². The fraction of sp³-hybridized carbons (Fsp3) is 0.875. The number of carbonyl (C=O) groups is 1. The van der Waals surface area contributed by atoms with Crippen LogP contribution in [0.25, 0.3) is 0 Å². The fourth-order valence-electron chi connectivity index (χ4n) is 1.50. The van der Waals surface area contributed by atoms with Crippen molar-refractivity contribution in [3.63, 3.8) is 0 Å². The van der Waals surface area contributed by atoms with E-state index in [9.17, 15) is 4.79 Å². The molecule has 0 spiro atoms. The van der Waals surface area contributed by atoms with Crippen LogP contribution < -0.4 is 0 Å². The maximum absolute atomic E-state index is 11.0. The zero-order chi connectivity index (χ0) is 8.97. The minimum Gasteiger partial charge on any atom is -0.271 e. The lowest BCUT2D eigenvalue weighted by molar-refractivity contribution is -0.256. The SMILES string of the molecule is CON(C(C)=O)N1CCCCC1. The highest BCUT2D eigenvalue weighted by atomic mass is 16.7. The second-order valence-electron chi connectivity index (χ2n) is 2.99. The van der Waals surface area contributed by atoms with E-state index in [0.717, 1.165) is 25.9 Å². The number of hydrogen-bond acceptors (Lipinski definition) is 3. The lowest BCUT2D eigenvalue weighted by Crippen LogP contribution is -2.47. The average Bonchev–Trinajstić information content (AvgIpc) is 2.07. The third kappa shape index (κ3) is 2.19. The second kappa shape index (κ2) is 4.42. The van der Waals surface area contributed by atoms with E-state index in [2.05, 4.69) is 0 Å². The largest absolute Gasteiger partial charge is 0.271 e. The molecule has 0 bridgehead atoms. The molecule has 0 saturated carbocycles. The van der Waals surface area contributed by atoms with Gasteiger partial charge in [0.05, 0.1) is 7.11 Å². The molecule has 0 unspecified atom stereocenters. The van der Waals surface area contributed by atoms with Crippen molar-refractivity contribution in [1.29, 1.82) is 0 Å². The average molecular weight is 172 g/mol. The summed E-state index contributed by atoms with van der Waals surface area (Å²) in [5, 5.41) is 3.30. The van der Waals surface area contributed by atoms with Gasteiger partial charge in [-0.15, -0.1) is 5.17 Å². The molecule has 1 rings (SSSR count). The van der Waals surface area contributed by atoms with Gasteiger partial charge < -0.3 is 0 Å². The molecular weight excluding hydrogens is 156 g/mol. The minimum absolute atomic E-state index is 0.0561. The molecule has 1 fully saturated rings. The first-order valence-electron chi connectivity index (χ1n) is 4.35. The summed E-state index contributed by atoms with van der Waals surface area (Å²) >= 11 is 0. The van der Waals surface area contributed by atoms with E-state index in [1.54, 1.807) is 0 Å². The van der Waals surface area contributed by atoms with Crippen LogP contribution in [0.1, 0.15) is 26.2 Å². The van der Waals surface area contributed by atoms with Crippen LogP contribution in [-0.4, -0.2) is 36.3 Å². The van der Waals surface area contributed by atoms with Crippen molar-refractivity contribution >= 4 is 5.91 Å². The third-order valence-electron chi connectivity index (χ3n) is 2.03. The van der Waals surface area contributed by atoms with Gasteiger partial charge in [0.25, 0.3) is 5.91 Å². The number of hydrazine groups is 1. The second-order valence-corrected chi connectivity index (χ2v) is 2.99. The molecule has 12 heavy (non-hydrogen) atoms. The Kier molecular flexibility index (Phi) is 3.49. The Morgan fingerprint density at radius 3 is 2.33 bits per heavy atom. The molecule has 1 aliphatic heterocycles. The topological polar surface area (TPSA) is 32.8 Å². The monoisotopic (exact) mass is 172 g/mol. The number of hydrogen-bond donors (Lipinski definition) is 0. The summed E-state index contributed by atoms with van der Waals surface area (Å²) in [5.74, 6) is -0.0561. The molecule has 4 nitrogen and oxygen atoms in total. The Morgan fingerprint density at radius 2 is 1.92 bits per heavy atom. The Morgan fingerprint density at radius 1 is 1.33 bits per heavy atom. The van der Waals surface area contributed by atoms with E-state index in [1.165, 1.54) is 25.6 Å². The highest BCUT2D eigenvalue weighted by molar-refractivity contribution is 5.71. The quantitative estimate of drug-likeness (QED) is 0.577. The predicted molar refractivity (Wildman–Crippen MR) is 45.0 cm³/mol. The van der Waals surface area contributed by atoms with Crippen molar-refractivity contribution < 1.29 is 9.63 Å². The van der Waals surface area contributed by atoms with Gasteiger partial charge in [0.1, 0.15) is 0 Å². The molecule has 0 atom stereocenters. The first-order valence-corrected chi connectivity index (χ1v) is 4.35. The number of nitrogens with zero attached hydrogens (tertiary/aromatic N) is 2. The van der Waals surface area contributed by atoms with Gasteiger partial charge >= 0.3 is 0 Å². The van der Waals surface area contributed by atoms with E-state index in [1.807, 2.05) is 5.01 Å². The normalized spacial score (nSPS) is 19.2. The first-order chi connectivity index (χ1) is 5.75. The van der Waals surface area contributed by atoms with Gasteiger partial charge in [-0.05, 0) is 12.8 Å². The van der Waals surface area contributed by atoms with Gasteiger partial charge in [-0.25, -0.2) is 0 Å². The molecule has 70 valence electrons. The van der Waals surface area contributed by atoms with Gasteiger partial charge in [0.15, 0.2) is 0 Å². The van der Waals surface area contributed by atoms with Gasteiger partial charge in [-0.1, -0.05) is 6.42 Å². The Hall–Kier alpha value is -0.610. The number of amides is 1. The molecule has 4 heteroatoms. The molecule has 0 aromatic carbocycles. The van der Waals surface area contributed by atoms with Crippen LogP contribution in [-0.2, 0) is 9.63 Å². The van der Waals surface area contributed by atoms with E-state index >= 15 is 0 Å². The molecule has 0 aliphatic carbocycles. The first kappa shape index (κ1) is 9.48. The van der Waals surface area contributed by atoms with Crippen LogP contribution in [0, 0.1) is 0 Å². The molecule has 1 amide bonds. The lowest BCUT2D eigenvalue weighted by Gasteiger charge is -2.34. The van der Waals surface area contributed by atoms with Crippen molar-refractivity contribution in [2.45, 2.75) is 26.2 Å². The summed E-state index contributed by atoms with van der Waals surface area (Å²) in [4.78, 5) is 16.0. The molecule has 0 aromatic rings. The van der Waals surface area contributed by atoms with Crippen LogP contribution in [0.2, 0.25) is 0 Å². The Balaban J connectivity index is 2.46. The summed E-state index contributed by atoms with van der Waals surface area (Å²) in [6, 6.07) is 0. The van der Waals surface area contributed by atoms with Crippen molar-refractivity contribution in [2.24, 2.45) is 0 Å².